The monoisotopic (exact) mass is 479 g/mol. The Balaban J connectivity index is 1.22. The molecule has 0 saturated carbocycles. The minimum absolute atomic E-state index is 0.0524. The van der Waals surface area contributed by atoms with E-state index in [0.717, 1.165) is 41.1 Å². The van der Waals surface area contributed by atoms with E-state index in [2.05, 4.69) is 10.6 Å². The lowest BCUT2D eigenvalue weighted by Gasteiger charge is -2.26. The largest absolute Gasteiger partial charge is 0.343 e. The third kappa shape index (κ3) is 3.98. The van der Waals surface area contributed by atoms with E-state index >= 15 is 0 Å². The standard InChI is InChI=1S/C24H21N3O4S2/c1-13-18-10-16(9-14-3-2-7-27(20(14)18)24(13)31)26-23(30)22(29)25-11-17-4-5-19(33-17)21(28)15-6-8-32-12-15/h4-6,8-10,12-13H,2-3,7,11H2,1H3,(H,25,29)(H,26,30). The molecule has 0 fully saturated rings. The highest BCUT2D eigenvalue weighted by Crippen LogP contribution is 2.44. The fourth-order valence-corrected chi connectivity index (χ4v) is 5.88. The van der Waals surface area contributed by atoms with E-state index in [9.17, 15) is 19.2 Å². The lowest BCUT2D eigenvalue weighted by atomic mass is 9.96. The zero-order chi connectivity index (χ0) is 23.1. The average molecular weight is 480 g/mol. The van der Waals surface area contributed by atoms with Gasteiger partial charge in [0.1, 0.15) is 0 Å². The molecule has 0 spiro atoms. The molecule has 4 heterocycles. The summed E-state index contributed by atoms with van der Waals surface area (Å²) in [5, 5.41) is 8.93. The van der Waals surface area contributed by atoms with E-state index in [4.69, 9.17) is 0 Å². The number of anilines is 2. The number of ketones is 1. The molecule has 5 rings (SSSR count). The quantitative estimate of drug-likeness (QED) is 0.431. The summed E-state index contributed by atoms with van der Waals surface area (Å²) in [5.41, 5.74) is 4.05. The molecule has 3 amide bonds. The molecule has 0 saturated heterocycles. The van der Waals surface area contributed by atoms with Crippen LogP contribution in [0.4, 0.5) is 11.4 Å². The molecular formula is C24H21N3O4S2. The molecule has 168 valence electrons. The van der Waals surface area contributed by atoms with Crippen molar-refractivity contribution in [1.29, 1.82) is 0 Å². The molecule has 0 bridgehead atoms. The van der Waals surface area contributed by atoms with E-state index in [1.807, 2.05) is 23.3 Å². The predicted octanol–water partition coefficient (Wildman–Crippen LogP) is 3.69. The maximum Gasteiger partial charge on any atom is 0.313 e. The SMILES string of the molecule is CC1C(=O)N2CCCc3cc(NC(=O)C(=O)NCc4ccc(C(=O)c5ccsc5)s4)cc1c32. The van der Waals surface area contributed by atoms with Crippen molar-refractivity contribution in [2.75, 3.05) is 16.8 Å². The van der Waals surface area contributed by atoms with Gasteiger partial charge in [0.2, 0.25) is 11.7 Å². The maximum absolute atomic E-state index is 12.5. The van der Waals surface area contributed by atoms with Crippen LogP contribution in [0.5, 0.6) is 0 Å². The van der Waals surface area contributed by atoms with Gasteiger partial charge in [0.15, 0.2) is 0 Å². The Morgan fingerprint density at radius 2 is 2.00 bits per heavy atom. The number of amides is 3. The van der Waals surface area contributed by atoms with Crippen molar-refractivity contribution in [3.8, 4) is 0 Å². The first kappa shape index (κ1) is 21.5. The molecule has 1 unspecified atom stereocenters. The zero-order valence-corrected chi connectivity index (χ0v) is 19.5. The molecule has 2 aliphatic rings. The number of benzene rings is 1. The molecule has 0 aliphatic carbocycles. The summed E-state index contributed by atoms with van der Waals surface area (Å²) in [6.07, 6.45) is 1.71. The second-order valence-corrected chi connectivity index (χ2v) is 10.1. The van der Waals surface area contributed by atoms with Crippen molar-refractivity contribution in [2.45, 2.75) is 32.2 Å². The van der Waals surface area contributed by atoms with E-state index in [0.29, 0.717) is 16.1 Å². The normalized spacial score (nSPS) is 16.5. The fourth-order valence-electron chi connectivity index (χ4n) is 4.33. The van der Waals surface area contributed by atoms with Crippen molar-refractivity contribution < 1.29 is 19.2 Å². The molecule has 33 heavy (non-hydrogen) atoms. The van der Waals surface area contributed by atoms with Crippen LogP contribution in [0.15, 0.2) is 41.1 Å². The number of hydrogen-bond donors (Lipinski definition) is 2. The first-order valence-corrected chi connectivity index (χ1v) is 12.4. The van der Waals surface area contributed by atoms with Gasteiger partial charge in [-0.1, -0.05) is 0 Å². The van der Waals surface area contributed by atoms with Crippen LogP contribution in [0.1, 0.15) is 50.5 Å². The molecule has 9 heteroatoms. The van der Waals surface area contributed by atoms with Gasteiger partial charge in [-0.25, -0.2) is 0 Å². The minimum atomic E-state index is -0.766. The number of nitrogens with zero attached hydrogens (tertiary/aromatic N) is 1. The Bertz CT molecular complexity index is 1280. The molecule has 0 radical (unpaired) electrons. The van der Waals surface area contributed by atoms with Crippen molar-refractivity contribution >= 4 is 57.6 Å². The second kappa shape index (κ2) is 8.57. The van der Waals surface area contributed by atoms with Crippen LogP contribution in [0.3, 0.4) is 0 Å². The Morgan fingerprint density at radius 1 is 1.15 bits per heavy atom. The minimum Gasteiger partial charge on any atom is -0.343 e. The first-order valence-electron chi connectivity index (χ1n) is 10.7. The summed E-state index contributed by atoms with van der Waals surface area (Å²) >= 11 is 2.76. The van der Waals surface area contributed by atoms with E-state index < -0.39 is 11.8 Å². The highest BCUT2D eigenvalue weighted by Gasteiger charge is 2.38. The van der Waals surface area contributed by atoms with Gasteiger partial charge in [-0.3, -0.25) is 19.2 Å². The van der Waals surface area contributed by atoms with Crippen LogP contribution in [0.25, 0.3) is 0 Å². The van der Waals surface area contributed by atoms with Gasteiger partial charge in [0.25, 0.3) is 0 Å². The first-order chi connectivity index (χ1) is 15.9. The topological polar surface area (TPSA) is 95.6 Å². The van der Waals surface area contributed by atoms with Crippen LogP contribution in [-0.4, -0.2) is 30.0 Å². The van der Waals surface area contributed by atoms with Gasteiger partial charge in [0, 0.05) is 28.1 Å². The summed E-state index contributed by atoms with van der Waals surface area (Å²) < 4.78 is 0. The highest BCUT2D eigenvalue weighted by molar-refractivity contribution is 7.14. The fraction of sp³-hybridized carbons (Fsp3) is 0.250. The summed E-state index contributed by atoms with van der Waals surface area (Å²) in [5.74, 6) is -1.75. The van der Waals surface area contributed by atoms with Crippen molar-refractivity contribution in [1.82, 2.24) is 5.32 Å². The Labute approximate surface area is 198 Å². The number of thiophene rings is 2. The molecular weight excluding hydrogens is 458 g/mol. The van der Waals surface area contributed by atoms with Gasteiger partial charge >= 0.3 is 11.8 Å². The third-order valence-corrected chi connectivity index (χ3v) is 7.74. The Kier molecular flexibility index (Phi) is 5.59. The highest BCUT2D eigenvalue weighted by atomic mass is 32.1. The van der Waals surface area contributed by atoms with Crippen LogP contribution >= 0.6 is 22.7 Å². The molecule has 2 N–H and O–H groups in total. The smallest absolute Gasteiger partial charge is 0.313 e. The molecule has 1 atom stereocenters. The van der Waals surface area contributed by atoms with Gasteiger partial charge in [0.05, 0.1) is 23.0 Å². The molecule has 7 nitrogen and oxygen atoms in total. The predicted molar refractivity (Wildman–Crippen MR) is 128 cm³/mol. The zero-order valence-electron chi connectivity index (χ0n) is 17.8. The molecule has 2 aliphatic heterocycles. The summed E-state index contributed by atoms with van der Waals surface area (Å²) in [4.78, 5) is 53.0. The Hall–Kier alpha value is -3.30. The number of nitrogens with one attached hydrogen (secondary N) is 2. The van der Waals surface area contributed by atoms with E-state index in [1.165, 1.54) is 22.7 Å². The van der Waals surface area contributed by atoms with Crippen LogP contribution in [0.2, 0.25) is 0 Å². The number of carbonyl (C=O) groups is 4. The molecule has 2 aromatic heterocycles. The van der Waals surface area contributed by atoms with Gasteiger partial charge in [-0.2, -0.15) is 11.3 Å². The van der Waals surface area contributed by atoms with E-state index in [-0.39, 0.29) is 24.2 Å². The Morgan fingerprint density at radius 3 is 2.79 bits per heavy atom. The third-order valence-electron chi connectivity index (χ3n) is 5.98. The lowest BCUT2D eigenvalue weighted by Crippen LogP contribution is -2.35. The number of carbonyl (C=O) groups excluding carboxylic acids is 4. The number of rotatable bonds is 5. The van der Waals surface area contributed by atoms with Crippen LogP contribution < -0.4 is 15.5 Å². The van der Waals surface area contributed by atoms with Crippen molar-refractivity contribution in [2.24, 2.45) is 0 Å². The molecule has 1 aromatic carbocycles. The van der Waals surface area contributed by atoms with Crippen molar-refractivity contribution in [3.05, 3.63) is 67.5 Å². The summed E-state index contributed by atoms with van der Waals surface area (Å²) in [7, 11) is 0. The second-order valence-electron chi connectivity index (χ2n) is 8.13. The van der Waals surface area contributed by atoms with E-state index in [1.54, 1.807) is 29.6 Å². The van der Waals surface area contributed by atoms with Crippen LogP contribution in [-0.2, 0) is 27.3 Å². The van der Waals surface area contributed by atoms with Gasteiger partial charge in [-0.15, -0.1) is 11.3 Å². The summed E-state index contributed by atoms with van der Waals surface area (Å²) in [6.45, 7) is 2.75. The van der Waals surface area contributed by atoms with Gasteiger partial charge < -0.3 is 15.5 Å². The van der Waals surface area contributed by atoms with Gasteiger partial charge in [-0.05, 0) is 66.6 Å². The van der Waals surface area contributed by atoms with Crippen LogP contribution in [0, 0.1) is 0 Å². The average Bonchev–Trinajstić information content (AvgIpc) is 3.56. The molecule has 3 aromatic rings. The maximum atomic E-state index is 12.5. The number of hydrogen-bond acceptors (Lipinski definition) is 6. The van der Waals surface area contributed by atoms with Crippen molar-refractivity contribution in [3.63, 3.8) is 0 Å². The number of aryl methyl sites for hydroxylation is 1. The lowest BCUT2D eigenvalue weighted by molar-refractivity contribution is -0.136. The summed E-state index contributed by atoms with van der Waals surface area (Å²) in [6, 6.07) is 8.92.